The van der Waals surface area contributed by atoms with Gasteiger partial charge in [-0.15, -0.1) is 0 Å². The average Bonchev–Trinajstić information content (AvgIpc) is 1.69. The second-order valence-corrected chi connectivity index (χ2v) is 36.3. The Morgan fingerprint density at radius 3 is 1.08 bits per heavy atom. The summed E-state index contributed by atoms with van der Waals surface area (Å²) in [5.41, 5.74) is 42.9. The smallest absolute Gasteiger partial charge is 0.327 e. The number of imidazole rings is 2. The van der Waals surface area contributed by atoms with E-state index >= 15 is 28.8 Å². The zero-order valence-electron chi connectivity index (χ0n) is 80.9. The fraction of sp³-hybridized carbons (Fsp3) is 0.560. The predicted octanol–water partition coefficient (Wildman–Crippen LogP) is -5.77. The molecule has 50 nitrogen and oxygen atoms in total. The monoisotopic (exact) mass is 2040 g/mol. The maximum atomic E-state index is 15.7. The fourth-order valence-corrected chi connectivity index (χ4v) is 16.1. The lowest BCUT2D eigenvalue weighted by molar-refractivity contribution is -0.141. The molecule has 0 unspecified atom stereocenters. The molecule has 0 aliphatic rings. The minimum Gasteiger partial charge on any atom is -0.480 e. The molecule has 52 heteroatoms. The molecule has 6 aromatic rings. The largest absolute Gasteiger partial charge is 0.480 e. The van der Waals surface area contributed by atoms with E-state index in [-0.39, 0.29) is 128 Å². The Kier molecular flexibility index (Phi) is 51.2. The van der Waals surface area contributed by atoms with E-state index in [0.717, 1.165) is 6.92 Å². The predicted molar refractivity (Wildman–Crippen MR) is 536 cm³/mol. The van der Waals surface area contributed by atoms with Gasteiger partial charge in [-0.25, -0.2) is 14.8 Å². The number of amides is 15. The number of unbranched alkanes of at least 4 members (excludes halogenated alkanes) is 3. The first-order chi connectivity index (χ1) is 68.2. The number of rotatable bonds is 68. The summed E-state index contributed by atoms with van der Waals surface area (Å²) in [7, 11) is 0. The van der Waals surface area contributed by atoms with Gasteiger partial charge in [0.1, 0.15) is 84.6 Å². The summed E-state index contributed by atoms with van der Waals surface area (Å²) in [4.78, 5) is 252. The molecule has 0 saturated heterocycles. The topological polar surface area (TPSA) is 845 Å². The molecular weight excluding hydrogens is 1900 g/mol. The van der Waals surface area contributed by atoms with Crippen molar-refractivity contribution in [3.63, 3.8) is 0 Å². The lowest BCUT2D eigenvalue weighted by Crippen LogP contribution is -2.63. The van der Waals surface area contributed by atoms with E-state index in [0.29, 0.717) is 83.0 Å². The number of carbonyl (C=O) groups is 16. The molecule has 4 heterocycles. The van der Waals surface area contributed by atoms with Crippen LogP contribution in [0.4, 0.5) is 0 Å². The van der Waals surface area contributed by atoms with Gasteiger partial charge in [0.05, 0.1) is 30.9 Å². The molecule has 4 aromatic heterocycles. The van der Waals surface area contributed by atoms with E-state index in [4.69, 9.17) is 51.0 Å². The quantitative estimate of drug-likeness (QED) is 0.00732. The van der Waals surface area contributed by atoms with Crippen LogP contribution in [0.25, 0.3) is 21.8 Å². The normalized spacial score (nSPS) is 15.1. The van der Waals surface area contributed by atoms with E-state index in [2.05, 4.69) is 128 Å². The first kappa shape index (κ1) is 118. The number of aromatic amines is 4. The number of H-pyrrole nitrogens is 4. The maximum Gasteiger partial charge on any atom is 0.327 e. The summed E-state index contributed by atoms with van der Waals surface area (Å²) in [5.74, 6) is -17.8. The van der Waals surface area contributed by atoms with Crippen molar-refractivity contribution in [2.75, 3.05) is 50.5 Å². The van der Waals surface area contributed by atoms with E-state index in [1.165, 1.54) is 43.7 Å². The van der Waals surface area contributed by atoms with Crippen LogP contribution in [-0.2, 0) is 102 Å². The number of para-hydroxylation sites is 2. The van der Waals surface area contributed by atoms with E-state index in [1.54, 1.807) is 81.0 Å². The molecule has 788 valence electrons. The Morgan fingerprint density at radius 2 is 0.727 bits per heavy atom. The first-order valence-electron chi connectivity index (χ1n) is 47.5. The van der Waals surface area contributed by atoms with Crippen molar-refractivity contribution in [3.05, 3.63) is 108 Å². The van der Waals surface area contributed by atoms with Crippen LogP contribution in [0.15, 0.2) is 86.0 Å². The number of nitrogens with zero attached hydrogens (tertiary/aromatic N) is 2. The minimum absolute atomic E-state index is 0.0102. The number of guanidine groups is 2. The van der Waals surface area contributed by atoms with Crippen molar-refractivity contribution in [2.45, 2.75) is 265 Å². The van der Waals surface area contributed by atoms with Crippen molar-refractivity contribution in [3.8, 4) is 0 Å². The number of hydrogen-bond donors (Lipinski definition) is 33. The van der Waals surface area contributed by atoms with Crippen LogP contribution < -0.4 is 125 Å². The summed E-state index contributed by atoms with van der Waals surface area (Å²) < 4.78 is 0. The second kappa shape index (κ2) is 62.0. The zero-order chi connectivity index (χ0) is 105. The lowest BCUT2D eigenvalue weighted by Gasteiger charge is -2.30. The van der Waals surface area contributed by atoms with Gasteiger partial charge >= 0.3 is 5.97 Å². The molecule has 18 atom stereocenters. The number of thiol groups is 1. The van der Waals surface area contributed by atoms with E-state index in [1.807, 2.05) is 0 Å². The number of aromatic nitrogens is 6. The van der Waals surface area contributed by atoms with Crippen molar-refractivity contribution in [1.82, 2.24) is 115 Å². The molecule has 0 radical (unpaired) electrons. The standard InChI is InChI=1S/C91H143N31O19S2/c1-6-48(2)72(86(137)113-61(25-13-16-33-94)77(128)116-68(39-53-43-101-46-107-53)84(135)110-60(24-12-15-32-93)78(129)119-70(45-142)89(140)141)120-79(130)63(27-18-35-104-91(99)100)111-85(136)69(40-54-44-102-47-108-54)117-82(133)66(37-51-41-105-58-22-9-7-19-55(51)58)115-83(134)67(38-52-42-106-59-23-10-8-20-56(52)59)118-88(139)74(50(4)124)121-80(131)64(28-29-71(96)125)112-76(127)62(26-17-34-103-90(97)98)114-87(138)73(49(3)123)122-81(132)65(30-36-143-5)109-75(126)57(95)21-11-14-31-92/h7-10,19-20,22-23,41-44,46-50,57,60-70,72-74,105-106,123-124,142H,6,11-18,21,24-40,45,92-95H2,1-5H3,(H2,96,125)(H,101,107)(H,102,108)(H,109,126)(H,110,135)(H,111,136)(H,112,127)(H,113,137)(H,114,138)(H,115,134)(H,116,128)(H,117,133)(H,118,139)(H,119,129)(H,120,130)(H,121,131)(H,122,132)(H,140,141)(H4,97,98,103)(H4,99,100,104)/t48-,49+,50+,57-,60-,61-,62-,63-,64-,65-,66-,67-,68-,69-,70-,72-,73-,74-/m0/s1. The number of carboxylic acids is 1. The average molecular weight is 2040 g/mol. The number of carboxylic acid groups (broad SMARTS) is 1. The van der Waals surface area contributed by atoms with Gasteiger partial charge in [0.15, 0.2) is 11.9 Å². The maximum absolute atomic E-state index is 15.7. The molecule has 0 fully saturated rings. The Hall–Kier alpha value is -13.5. The van der Waals surface area contributed by atoms with Crippen LogP contribution in [0.1, 0.15) is 159 Å². The SMILES string of the molecule is CC[C@H](C)[C@H](NC(=O)[C@H](CCCNC(=N)N)NC(=O)[C@H](Cc1cnc[nH]1)NC(=O)[C@H](Cc1c[nH]c2ccccc12)NC(=O)[C@H](Cc1c[nH]c2ccccc12)NC(=O)[C@@H](NC(=O)[C@H](CCC(N)=O)NC(=O)[C@H](CCCNC(=N)N)NC(=O)[C@@H](NC(=O)[C@H](CCSC)NC(=O)[C@@H](N)CCCCN)[C@@H](C)O)[C@@H](C)O)C(=O)N[C@@H](CCCCN)C(=O)N[C@@H](Cc1cnc[nH]1)C(=O)N[C@@H](CCCCN)C(=O)N[C@@H](CS)C(=O)O. The summed E-state index contributed by atoms with van der Waals surface area (Å²) >= 11 is 5.40. The third kappa shape index (κ3) is 40.1. The number of fused-ring (bicyclic) bond motifs is 2. The van der Waals surface area contributed by atoms with Crippen LogP contribution >= 0.6 is 24.4 Å². The molecule has 0 saturated carbocycles. The molecule has 6 rings (SSSR count). The number of nitrogens with one attached hydrogen (secondary N) is 22. The molecule has 2 aromatic carbocycles. The number of thioether (sulfide) groups is 1. The number of carbonyl (C=O) groups excluding carboxylic acids is 15. The summed E-state index contributed by atoms with van der Waals surface area (Å²) in [6, 6.07) is -9.67. The fourth-order valence-electron chi connectivity index (χ4n) is 15.4. The number of primary amides is 1. The molecule has 0 aliphatic heterocycles. The lowest BCUT2D eigenvalue weighted by atomic mass is 9.96. The zero-order valence-corrected chi connectivity index (χ0v) is 82.7. The van der Waals surface area contributed by atoms with Crippen LogP contribution in [0.2, 0.25) is 0 Å². The first-order valence-corrected chi connectivity index (χ1v) is 49.6. The Bertz CT molecular complexity index is 5160. The highest BCUT2D eigenvalue weighted by Gasteiger charge is 2.41. The molecule has 0 aliphatic carbocycles. The Morgan fingerprint density at radius 1 is 0.406 bits per heavy atom. The highest BCUT2D eigenvalue weighted by molar-refractivity contribution is 7.98. The van der Waals surface area contributed by atoms with Crippen LogP contribution in [-0.4, -0.2) is 305 Å². The highest BCUT2D eigenvalue weighted by atomic mass is 32.2. The number of aliphatic hydroxyl groups excluding tert-OH is 2. The van der Waals surface area contributed by atoms with Crippen molar-refractivity contribution >= 4 is 153 Å². The summed E-state index contributed by atoms with van der Waals surface area (Å²) in [5, 5.41) is 91.0. The van der Waals surface area contributed by atoms with Crippen molar-refractivity contribution in [2.24, 2.45) is 46.1 Å². The van der Waals surface area contributed by atoms with E-state index < -0.39 is 228 Å². The molecule has 143 heavy (non-hydrogen) atoms. The van der Waals surface area contributed by atoms with Gasteiger partial charge in [0.2, 0.25) is 88.6 Å². The summed E-state index contributed by atoms with van der Waals surface area (Å²) in [6.07, 6.45) is 6.65. The molecular formula is C91H143N31O19S2. The van der Waals surface area contributed by atoms with Gasteiger partial charge in [0.25, 0.3) is 0 Å². The number of benzene rings is 2. The van der Waals surface area contributed by atoms with Crippen molar-refractivity contribution in [1.29, 1.82) is 10.8 Å². The molecule has 15 amide bonds. The van der Waals surface area contributed by atoms with Crippen LogP contribution in [0.3, 0.4) is 0 Å². The molecule has 0 bridgehead atoms. The molecule has 39 N–H and O–H groups in total. The number of aliphatic hydroxyl groups is 2. The van der Waals surface area contributed by atoms with Gasteiger partial charge in [-0.2, -0.15) is 24.4 Å². The van der Waals surface area contributed by atoms with Gasteiger partial charge in [-0.05, 0) is 165 Å². The Labute approximate surface area is 836 Å². The number of hydrogen-bond acceptors (Lipinski definition) is 28. The van der Waals surface area contributed by atoms with Gasteiger partial charge in [-0.3, -0.25) is 82.7 Å². The van der Waals surface area contributed by atoms with E-state index in [9.17, 15) is 63.3 Å². The third-order valence-corrected chi connectivity index (χ3v) is 24.7. The van der Waals surface area contributed by atoms with Crippen LogP contribution in [0.5, 0.6) is 0 Å². The van der Waals surface area contributed by atoms with Crippen molar-refractivity contribution < 1.29 is 92.0 Å². The minimum atomic E-state index is -2.04. The van der Waals surface area contributed by atoms with Crippen LogP contribution in [0, 0.1) is 16.7 Å². The third-order valence-electron chi connectivity index (χ3n) is 23.7. The number of nitrogens with two attached hydrogens (primary N) is 7. The van der Waals surface area contributed by atoms with Gasteiger partial charge in [0, 0.05) is 109 Å². The highest BCUT2D eigenvalue weighted by Crippen LogP contribution is 2.24. The number of aliphatic carboxylic acids is 1. The molecule has 0 spiro atoms. The van der Waals surface area contributed by atoms with Gasteiger partial charge in [-0.1, -0.05) is 63.1 Å². The second-order valence-electron chi connectivity index (χ2n) is 34.9. The summed E-state index contributed by atoms with van der Waals surface area (Å²) in [6.45, 7) is 6.33. The van der Waals surface area contributed by atoms with Gasteiger partial charge < -0.3 is 160 Å². The Balaban J connectivity index is 1.33.